The summed E-state index contributed by atoms with van der Waals surface area (Å²) in [6.45, 7) is 6.96. The van der Waals surface area contributed by atoms with Crippen molar-refractivity contribution in [1.82, 2.24) is 9.97 Å². The maximum absolute atomic E-state index is 6.06. The average Bonchev–Trinajstić information content (AvgIpc) is 2.31. The van der Waals surface area contributed by atoms with Crippen molar-refractivity contribution in [3.63, 3.8) is 0 Å². The Balaban J connectivity index is 3.28. The number of aliphatic imine (C=N–C) groups is 1. The normalized spacial score (nSPS) is 11.9. The minimum Gasteiger partial charge on any atom is -0.395 e. The predicted octanol–water partition coefficient (Wildman–Crippen LogP) is 1.02. The lowest BCUT2D eigenvalue weighted by Crippen LogP contribution is -2.21. The van der Waals surface area contributed by atoms with E-state index in [0.717, 1.165) is 18.7 Å². The molecular weight excluding hydrogens is 228 g/mol. The van der Waals surface area contributed by atoms with Crippen LogP contribution in [0.5, 0.6) is 0 Å². The third-order valence-corrected chi connectivity index (χ3v) is 2.44. The van der Waals surface area contributed by atoms with Gasteiger partial charge in [0.15, 0.2) is 0 Å². The zero-order chi connectivity index (χ0) is 13.7. The van der Waals surface area contributed by atoms with E-state index in [4.69, 9.17) is 11.5 Å². The molecule has 0 aliphatic carbocycles. The summed E-state index contributed by atoms with van der Waals surface area (Å²) in [4.78, 5) is 12.7. The van der Waals surface area contributed by atoms with Gasteiger partial charge < -0.3 is 16.8 Å². The van der Waals surface area contributed by atoms with Crippen LogP contribution in [0.4, 0.5) is 11.6 Å². The molecule has 0 amide bonds. The third-order valence-electron chi connectivity index (χ3n) is 2.44. The van der Waals surface area contributed by atoms with Crippen molar-refractivity contribution in [3.05, 3.63) is 11.4 Å². The lowest BCUT2D eigenvalue weighted by Gasteiger charge is -2.13. The van der Waals surface area contributed by atoms with Crippen molar-refractivity contribution in [2.45, 2.75) is 27.2 Å². The molecule has 0 saturated carbocycles. The smallest absolute Gasteiger partial charge is 0.223 e. The van der Waals surface area contributed by atoms with Gasteiger partial charge in [0, 0.05) is 13.6 Å². The van der Waals surface area contributed by atoms with Crippen LogP contribution in [0.2, 0.25) is 0 Å². The first-order valence-corrected chi connectivity index (χ1v) is 6.12. The van der Waals surface area contributed by atoms with E-state index in [-0.39, 0.29) is 0 Å². The SMILES string of the molecule is CCNc1nc(CC(C)C)c(N)c(C(N)=NC)n1. The van der Waals surface area contributed by atoms with Gasteiger partial charge in [-0.25, -0.2) is 9.97 Å². The summed E-state index contributed by atoms with van der Waals surface area (Å²) < 4.78 is 0. The highest BCUT2D eigenvalue weighted by Crippen LogP contribution is 2.19. The Labute approximate surface area is 108 Å². The summed E-state index contributed by atoms with van der Waals surface area (Å²) >= 11 is 0. The van der Waals surface area contributed by atoms with E-state index in [2.05, 4.69) is 34.1 Å². The number of hydrogen-bond acceptors (Lipinski definition) is 5. The number of nitrogens with two attached hydrogens (primary N) is 2. The van der Waals surface area contributed by atoms with E-state index in [1.54, 1.807) is 7.05 Å². The van der Waals surface area contributed by atoms with Crippen LogP contribution in [0.25, 0.3) is 0 Å². The van der Waals surface area contributed by atoms with Crippen LogP contribution in [-0.4, -0.2) is 29.4 Å². The van der Waals surface area contributed by atoms with Gasteiger partial charge in [0.2, 0.25) is 5.95 Å². The molecule has 6 heteroatoms. The molecule has 5 N–H and O–H groups in total. The van der Waals surface area contributed by atoms with Crippen molar-refractivity contribution < 1.29 is 0 Å². The quantitative estimate of drug-likeness (QED) is 0.535. The molecule has 1 rings (SSSR count). The minimum absolute atomic E-state index is 0.332. The Bertz CT molecular complexity index is 438. The first kappa shape index (κ1) is 14.2. The maximum Gasteiger partial charge on any atom is 0.223 e. The van der Waals surface area contributed by atoms with Crippen LogP contribution in [0.15, 0.2) is 4.99 Å². The predicted molar refractivity (Wildman–Crippen MR) is 75.8 cm³/mol. The monoisotopic (exact) mass is 250 g/mol. The third kappa shape index (κ3) is 3.32. The molecule has 0 spiro atoms. The number of nitrogens with one attached hydrogen (secondary N) is 1. The van der Waals surface area contributed by atoms with Crippen LogP contribution >= 0.6 is 0 Å². The van der Waals surface area contributed by atoms with Gasteiger partial charge in [-0.15, -0.1) is 0 Å². The number of hydrogen-bond donors (Lipinski definition) is 3. The van der Waals surface area contributed by atoms with Gasteiger partial charge in [0.1, 0.15) is 11.5 Å². The summed E-state index contributed by atoms with van der Waals surface area (Å²) in [6, 6.07) is 0. The molecule has 6 nitrogen and oxygen atoms in total. The molecule has 0 bridgehead atoms. The molecule has 0 fully saturated rings. The Hall–Kier alpha value is -1.85. The van der Waals surface area contributed by atoms with Crippen molar-refractivity contribution in [2.75, 3.05) is 24.6 Å². The second-order valence-electron chi connectivity index (χ2n) is 4.49. The number of nitrogen functional groups attached to an aromatic ring is 1. The van der Waals surface area contributed by atoms with Crippen molar-refractivity contribution >= 4 is 17.5 Å². The number of anilines is 2. The van der Waals surface area contributed by atoms with Gasteiger partial charge in [0.05, 0.1) is 11.4 Å². The van der Waals surface area contributed by atoms with Gasteiger partial charge in [-0.2, -0.15) is 0 Å². The summed E-state index contributed by atoms with van der Waals surface area (Å²) in [5.74, 6) is 1.34. The summed E-state index contributed by atoms with van der Waals surface area (Å²) in [6.07, 6.45) is 0.788. The van der Waals surface area contributed by atoms with Crippen molar-refractivity contribution in [2.24, 2.45) is 16.6 Å². The molecule has 18 heavy (non-hydrogen) atoms. The molecule has 1 heterocycles. The fourth-order valence-corrected chi connectivity index (χ4v) is 1.60. The lowest BCUT2D eigenvalue weighted by atomic mass is 10.1. The van der Waals surface area contributed by atoms with E-state index in [1.807, 2.05) is 6.92 Å². The average molecular weight is 250 g/mol. The molecular formula is C12H22N6. The standard InChI is InChI=1S/C12H22N6/c1-5-16-12-17-8(6-7(2)3)9(13)10(18-12)11(14)15-4/h7H,5-6,13H2,1-4H3,(H2,14,15)(H,16,17,18). The highest BCUT2D eigenvalue weighted by Gasteiger charge is 2.15. The Morgan fingerprint density at radius 3 is 2.56 bits per heavy atom. The van der Waals surface area contributed by atoms with Crippen LogP contribution in [-0.2, 0) is 6.42 Å². The number of amidine groups is 1. The van der Waals surface area contributed by atoms with Crippen LogP contribution in [0.3, 0.4) is 0 Å². The molecule has 0 radical (unpaired) electrons. The highest BCUT2D eigenvalue weighted by molar-refractivity contribution is 6.00. The molecule has 0 unspecified atom stereocenters. The lowest BCUT2D eigenvalue weighted by molar-refractivity contribution is 0.636. The Morgan fingerprint density at radius 2 is 2.06 bits per heavy atom. The summed E-state index contributed by atoms with van der Waals surface area (Å²) in [5, 5.41) is 3.08. The molecule has 100 valence electrons. The zero-order valence-electron chi connectivity index (χ0n) is 11.5. The number of aromatic nitrogens is 2. The summed E-state index contributed by atoms with van der Waals surface area (Å²) in [5.41, 5.74) is 13.7. The Morgan fingerprint density at radius 1 is 1.39 bits per heavy atom. The topological polar surface area (TPSA) is 102 Å². The summed E-state index contributed by atoms with van der Waals surface area (Å²) in [7, 11) is 1.62. The van der Waals surface area contributed by atoms with Gasteiger partial charge in [-0.3, -0.25) is 4.99 Å². The molecule has 0 aliphatic rings. The molecule has 0 aliphatic heterocycles. The van der Waals surface area contributed by atoms with Crippen LogP contribution in [0.1, 0.15) is 32.2 Å². The fourth-order valence-electron chi connectivity index (χ4n) is 1.60. The maximum atomic E-state index is 6.06. The first-order chi connectivity index (χ1) is 8.49. The largest absolute Gasteiger partial charge is 0.395 e. The zero-order valence-corrected chi connectivity index (χ0v) is 11.5. The molecule has 0 atom stereocenters. The van der Waals surface area contributed by atoms with E-state index in [0.29, 0.717) is 29.1 Å². The van der Waals surface area contributed by atoms with E-state index in [1.165, 1.54) is 0 Å². The number of nitrogens with zero attached hydrogens (tertiary/aromatic N) is 3. The minimum atomic E-state index is 0.332. The van der Waals surface area contributed by atoms with Gasteiger partial charge in [-0.1, -0.05) is 13.8 Å². The molecule has 1 aromatic heterocycles. The van der Waals surface area contributed by atoms with E-state index >= 15 is 0 Å². The van der Waals surface area contributed by atoms with Crippen molar-refractivity contribution in [1.29, 1.82) is 0 Å². The molecule has 0 aromatic carbocycles. The Kier molecular flexibility index (Phi) is 4.88. The van der Waals surface area contributed by atoms with Crippen molar-refractivity contribution in [3.8, 4) is 0 Å². The molecule has 1 aromatic rings. The second-order valence-corrected chi connectivity index (χ2v) is 4.49. The van der Waals surface area contributed by atoms with Crippen LogP contribution < -0.4 is 16.8 Å². The fraction of sp³-hybridized carbons (Fsp3) is 0.583. The van der Waals surface area contributed by atoms with Gasteiger partial charge in [0.25, 0.3) is 0 Å². The van der Waals surface area contributed by atoms with Gasteiger partial charge in [-0.05, 0) is 19.3 Å². The number of rotatable bonds is 5. The second kappa shape index (κ2) is 6.18. The first-order valence-electron chi connectivity index (χ1n) is 6.12. The van der Waals surface area contributed by atoms with E-state index in [9.17, 15) is 0 Å². The van der Waals surface area contributed by atoms with Crippen LogP contribution in [0, 0.1) is 5.92 Å². The highest BCUT2D eigenvalue weighted by atomic mass is 15.1. The van der Waals surface area contributed by atoms with E-state index < -0.39 is 0 Å². The van der Waals surface area contributed by atoms with Gasteiger partial charge >= 0.3 is 0 Å². The molecule has 0 saturated heterocycles.